The summed E-state index contributed by atoms with van der Waals surface area (Å²) in [5.41, 5.74) is 0. The van der Waals surface area contributed by atoms with Crippen LogP contribution in [0.15, 0.2) is 0 Å². The van der Waals surface area contributed by atoms with Crippen LogP contribution in [-0.4, -0.2) is 17.3 Å². The largest absolute Gasteiger partial charge is 0.291 e. The molecule has 0 aromatic carbocycles. The molecule has 0 aliphatic heterocycles. The predicted molar refractivity (Wildman–Crippen MR) is 26.4 cm³/mol. The molecule has 0 fully saturated rings. The molecule has 53 valence electrons. The van der Waals surface area contributed by atoms with E-state index in [0.717, 1.165) is 13.8 Å². The van der Waals surface area contributed by atoms with Gasteiger partial charge in [-0.3, -0.25) is 14.4 Å². The van der Waals surface area contributed by atoms with Crippen LogP contribution in [0.5, 0.6) is 0 Å². The first kappa shape index (κ1) is 11.4. The third-order valence-electron chi connectivity index (χ3n) is 0.640. The van der Waals surface area contributed by atoms with E-state index < -0.39 is 17.3 Å². The van der Waals surface area contributed by atoms with E-state index in [0.29, 0.717) is 0 Å². The minimum Gasteiger partial charge on any atom is -0.291 e. The summed E-state index contributed by atoms with van der Waals surface area (Å²) in [7, 11) is 0. The molecule has 0 unspecified atom stereocenters. The molecule has 0 aromatic heterocycles. The van der Waals surface area contributed by atoms with Crippen LogP contribution >= 0.6 is 0 Å². The van der Waals surface area contributed by atoms with Gasteiger partial charge in [-0.2, -0.15) is 0 Å². The summed E-state index contributed by atoms with van der Waals surface area (Å²) in [6.45, 7) is 2.15. The molecule has 3 nitrogen and oxygen atoms in total. The van der Waals surface area contributed by atoms with Crippen molar-refractivity contribution in [2.24, 2.45) is 0 Å². The van der Waals surface area contributed by atoms with E-state index in [1.165, 1.54) is 0 Å². The van der Waals surface area contributed by atoms with Crippen molar-refractivity contribution in [3.63, 3.8) is 0 Å². The molecule has 1 radical (unpaired) electrons. The quantitative estimate of drug-likeness (QED) is 0.363. The maximum atomic E-state index is 10.1. The van der Waals surface area contributed by atoms with Crippen LogP contribution in [0.2, 0.25) is 0 Å². The molecule has 0 rings (SSSR count). The fourth-order valence-electron chi connectivity index (χ4n) is 0.248. The van der Waals surface area contributed by atoms with Crippen molar-refractivity contribution < 1.29 is 33.9 Å². The number of carbonyl (C=O) groups is 3. The molecule has 0 heterocycles. The summed E-state index contributed by atoms with van der Waals surface area (Å²) in [5, 5.41) is 0. The van der Waals surface area contributed by atoms with Crippen molar-refractivity contribution in [2.45, 2.75) is 13.8 Å². The second kappa shape index (κ2) is 4.51. The van der Waals surface area contributed by atoms with E-state index in [2.05, 4.69) is 0 Å². The Morgan fingerprint density at radius 3 is 1.11 bits per heavy atom. The van der Waals surface area contributed by atoms with E-state index in [1.54, 1.807) is 0 Å². The van der Waals surface area contributed by atoms with Gasteiger partial charge in [0, 0.05) is 33.3 Å². The fourth-order valence-corrected chi connectivity index (χ4v) is 0.248. The smallest absolute Gasteiger partial charge is 0.263 e. The van der Waals surface area contributed by atoms with Gasteiger partial charge in [-0.25, -0.2) is 0 Å². The van der Waals surface area contributed by atoms with Crippen LogP contribution in [0.1, 0.15) is 13.8 Å². The molecule has 9 heavy (non-hydrogen) atoms. The van der Waals surface area contributed by atoms with E-state index in [9.17, 15) is 14.4 Å². The van der Waals surface area contributed by atoms with Crippen molar-refractivity contribution in [3.8, 4) is 0 Å². The summed E-state index contributed by atoms with van der Waals surface area (Å²) in [5.74, 6) is -2.32. The van der Waals surface area contributed by atoms with Gasteiger partial charge in [0.2, 0.25) is 11.6 Å². The minimum absolute atomic E-state index is 0. The predicted octanol–water partition coefficient (Wildman–Crippen LogP) is -0.269. The molecule has 0 aliphatic carbocycles. The Labute approximate surface area is 65.6 Å². The SMILES string of the molecule is CC(=O)C(=O)C(C)=O.[Rh]. The molecule has 0 atom stereocenters. The number of hydrogen-bond donors (Lipinski definition) is 0. The number of Topliss-reactive ketones (excluding diaryl/α,β-unsaturated/α-hetero) is 3. The molecule has 0 saturated heterocycles. The maximum absolute atomic E-state index is 10.1. The summed E-state index contributed by atoms with van der Waals surface area (Å²) in [6.07, 6.45) is 0. The molecule has 4 heteroatoms. The fraction of sp³-hybridized carbons (Fsp3) is 0.400. The monoisotopic (exact) mass is 217 g/mol. The van der Waals surface area contributed by atoms with Crippen molar-refractivity contribution in [2.75, 3.05) is 0 Å². The van der Waals surface area contributed by atoms with Crippen molar-refractivity contribution in [3.05, 3.63) is 0 Å². The average Bonchev–Trinajstić information content (AvgIpc) is 1.64. The second-order valence-electron chi connectivity index (χ2n) is 1.44. The zero-order valence-electron chi connectivity index (χ0n) is 5.06. The van der Waals surface area contributed by atoms with Gasteiger partial charge < -0.3 is 0 Å². The van der Waals surface area contributed by atoms with Crippen LogP contribution in [0.25, 0.3) is 0 Å². The molecule has 0 N–H and O–H groups in total. The van der Waals surface area contributed by atoms with E-state index in [4.69, 9.17) is 0 Å². The van der Waals surface area contributed by atoms with Crippen LogP contribution in [0, 0.1) is 0 Å². The van der Waals surface area contributed by atoms with E-state index in [1.807, 2.05) is 0 Å². The summed E-state index contributed by atoms with van der Waals surface area (Å²) >= 11 is 0. The van der Waals surface area contributed by atoms with Gasteiger partial charge in [0.25, 0.3) is 5.78 Å². The number of hydrogen-bond acceptors (Lipinski definition) is 3. The molecule has 0 spiro atoms. The Morgan fingerprint density at radius 2 is 1.11 bits per heavy atom. The molecular formula is C5H6O3Rh. The van der Waals surface area contributed by atoms with Crippen molar-refractivity contribution in [1.29, 1.82) is 0 Å². The summed E-state index contributed by atoms with van der Waals surface area (Å²) < 4.78 is 0. The van der Waals surface area contributed by atoms with Gasteiger partial charge in [0.1, 0.15) is 0 Å². The zero-order valence-corrected chi connectivity index (χ0v) is 6.70. The van der Waals surface area contributed by atoms with Gasteiger partial charge >= 0.3 is 0 Å². The minimum atomic E-state index is -0.926. The summed E-state index contributed by atoms with van der Waals surface area (Å²) in [6, 6.07) is 0. The van der Waals surface area contributed by atoms with Crippen molar-refractivity contribution in [1.82, 2.24) is 0 Å². The second-order valence-corrected chi connectivity index (χ2v) is 1.44. The van der Waals surface area contributed by atoms with Crippen LogP contribution < -0.4 is 0 Å². The van der Waals surface area contributed by atoms with Gasteiger partial charge in [-0.15, -0.1) is 0 Å². The Morgan fingerprint density at radius 1 is 0.889 bits per heavy atom. The molecular weight excluding hydrogens is 211 g/mol. The van der Waals surface area contributed by atoms with Gasteiger partial charge in [0.15, 0.2) is 0 Å². The Balaban J connectivity index is 0. The molecule has 0 saturated carbocycles. The maximum Gasteiger partial charge on any atom is 0.263 e. The Kier molecular flexibility index (Phi) is 5.72. The zero-order chi connectivity index (χ0) is 6.73. The molecule has 0 bridgehead atoms. The number of carbonyl (C=O) groups excluding carboxylic acids is 3. The van der Waals surface area contributed by atoms with E-state index in [-0.39, 0.29) is 19.5 Å². The van der Waals surface area contributed by atoms with Gasteiger partial charge in [-0.05, 0) is 0 Å². The first-order chi connectivity index (χ1) is 3.55. The van der Waals surface area contributed by atoms with E-state index >= 15 is 0 Å². The molecule has 0 aliphatic rings. The third kappa shape index (κ3) is 4.16. The average molecular weight is 217 g/mol. The first-order valence-electron chi connectivity index (χ1n) is 2.11. The molecule has 0 aromatic rings. The topological polar surface area (TPSA) is 51.2 Å². The Bertz CT molecular complexity index is 134. The molecule has 0 amide bonds. The number of rotatable bonds is 2. The standard InChI is InChI=1S/C5H6O3.Rh/c1-3(6)5(8)4(2)7;/h1-2H3;. The third-order valence-corrected chi connectivity index (χ3v) is 0.640. The normalized spacial score (nSPS) is 7.33. The van der Waals surface area contributed by atoms with Gasteiger partial charge in [-0.1, -0.05) is 0 Å². The van der Waals surface area contributed by atoms with Crippen LogP contribution in [0.4, 0.5) is 0 Å². The first-order valence-corrected chi connectivity index (χ1v) is 2.11. The van der Waals surface area contributed by atoms with Crippen molar-refractivity contribution >= 4 is 17.3 Å². The Hall–Kier alpha value is -0.367. The van der Waals surface area contributed by atoms with Crippen LogP contribution in [-0.2, 0) is 33.9 Å². The summed E-state index contributed by atoms with van der Waals surface area (Å²) in [4.78, 5) is 30.2. The van der Waals surface area contributed by atoms with Crippen LogP contribution in [0.3, 0.4) is 0 Å². The number of ketones is 3. The van der Waals surface area contributed by atoms with Gasteiger partial charge in [0.05, 0.1) is 0 Å².